The molecule has 0 bridgehead atoms. The van der Waals surface area contributed by atoms with E-state index < -0.39 is 0 Å². The fourth-order valence-electron chi connectivity index (χ4n) is 3.47. The standard InChI is InChI=1S/C15H31N3/c1-12(2)15(18-9-3-4-10-18)11-17-14-7-5-13(16)6-8-14/h12-15,17H,3-11,16H2,1-2H3. The highest BCUT2D eigenvalue weighted by Crippen LogP contribution is 2.20. The third kappa shape index (κ3) is 3.94. The normalized spacial score (nSPS) is 32.0. The predicted molar refractivity (Wildman–Crippen MR) is 77.7 cm³/mol. The molecule has 18 heavy (non-hydrogen) atoms. The molecule has 3 heteroatoms. The van der Waals surface area contributed by atoms with E-state index >= 15 is 0 Å². The van der Waals surface area contributed by atoms with Gasteiger partial charge in [0.2, 0.25) is 0 Å². The summed E-state index contributed by atoms with van der Waals surface area (Å²) in [5.74, 6) is 0.751. The number of nitrogens with one attached hydrogen (secondary N) is 1. The van der Waals surface area contributed by atoms with Gasteiger partial charge in [0.15, 0.2) is 0 Å². The third-order valence-corrected chi connectivity index (χ3v) is 4.77. The van der Waals surface area contributed by atoms with Gasteiger partial charge >= 0.3 is 0 Å². The van der Waals surface area contributed by atoms with Crippen molar-refractivity contribution in [1.29, 1.82) is 0 Å². The minimum atomic E-state index is 0.461. The molecule has 2 fully saturated rings. The lowest BCUT2D eigenvalue weighted by Crippen LogP contribution is -2.48. The first-order chi connectivity index (χ1) is 8.66. The van der Waals surface area contributed by atoms with Crippen molar-refractivity contribution >= 4 is 0 Å². The van der Waals surface area contributed by atoms with Crippen LogP contribution >= 0.6 is 0 Å². The summed E-state index contributed by atoms with van der Waals surface area (Å²) >= 11 is 0. The van der Waals surface area contributed by atoms with Crippen LogP contribution in [0.3, 0.4) is 0 Å². The maximum Gasteiger partial charge on any atom is 0.0243 e. The van der Waals surface area contributed by atoms with Crippen LogP contribution in [0.25, 0.3) is 0 Å². The van der Waals surface area contributed by atoms with Crippen LogP contribution in [0.1, 0.15) is 52.4 Å². The fraction of sp³-hybridized carbons (Fsp3) is 1.00. The van der Waals surface area contributed by atoms with Crippen LogP contribution in [0.2, 0.25) is 0 Å². The molecular formula is C15H31N3. The highest BCUT2D eigenvalue weighted by atomic mass is 15.2. The minimum Gasteiger partial charge on any atom is -0.328 e. The number of likely N-dealkylation sites (tertiary alicyclic amines) is 1. The fourth-order valence-corrected chi connectivity index (χ4v) is 3.47. The number of hydrogen-bond donors (Lipinski definition) is 2. The summed E-state index contributed by atoms with van der Waals surface area (Å²) in [5, 5.41) is 3.80. The highest BCUT2D eigenvalue weighted by molar-refractivity contribution is 4.84. The van der Waals surface area contributed by atoms with E-state index in [2.05, 4.69) is 24.1 Å². The Hall–Kier alpha value is -0.120. The molecule has 1 aliphatic carbocycles. The Balaban J connectivity index is 1.75. The average molecular weight is 253 g/mol. The second-order valence-corrected chi connectivity index (χ2v) is 6.57. The number of hydrogen-bond acceptors (Lipinski definition) is 3. The Morgan fingerprint density at radius 3 is 2.28 bits per heavy atom. The van der Waals surface area contributed by atoms with Crippen LogP contribution < -0.4 is 11.1 Å². The van der Waals surface area contributed by atoms with Gasteiger partial charge in [0.25, 0.3) is 0 Å². The van der Waals surface area contributed by atoms with Crippen molar-refractivity contribution in [3.8, 4) is 0 Å². The van der Waals surface area contributed by atoms with Crippen LogP contribution in [0.15, 0.2) is 0 Å². The van der Waals surface area contributed by atoms with E-state index in [1.165, 1.54) is 51.6 Å². The van der Waals surface area contributed by atoms with Gasteiger partial charge in [-0.3, -0.25) is 4.90 Å². The third-order valence-electron chi connectivity index (χ3n) is 4.77. The van der Waals surface area contributed by atoms with Crippen molar-refractivity contribution in [2.45, 2.75) is 70.5 Å². The Labute approximate surface area is 112 Å². The lowest BCUT2D eigenvalue weighted by molar-refractivity contribution is 0.177. The molecule has 2 aliphatic rings. The van der Waals surface area contributed by atoms with E-state index in [0.29, 0.717) is 12.1 Å². The summed E-state index contributed by atoms with van der Waals surface area (Å²) in [4.78, 5) is 2.69. The molecule has 1 aliphatic heterocycles. The summed E-state index contributed by atoms with van der Waals surface area (Å²) in [6.07, 6.45) is 7.72. The molecule has 2 rings (SSSR count). The van der Waals surface area contributed by atoms with Crippen molar-refractivity contribution in [1.82, 2.24) is 10.2 Å². The van der Waals surface area contributed by atoms with Crippen LogP contribution in [0.5, 0.6) is 0 Å². The number of rotatable bonds is 5. The molecule has 0 aromatic rings. The second kappa shape index (κ2) is 6.88. The monoisotopic (exact) mass is 253 g/mol. The zero-order chi connectivity index (χ0) is 13.0. The Morgan fingerprint density at radius 1 is 1.11 bits per heavy atom. The molecule has 3 N–H and O–H groups in total. The molecule has 1 saturated carbocycles. The summed E-state index contributed by atoms with van der Waals surface area (Å²) < 4.78 is 0. The van der Waals surface area contributed by atoms with E-state index in [0.717, 1.165) is 18.5 Å². The lowest BCUT2D eigenvalue weighted by Gasteiger charge is -2.34. The Bertz CT molecular complexity index is 228. The van der Waals surface area contributed by atoms with Crippen LogP contribution in [0, 0.1) is 5.92 Å². The summed E-state index contributed by atoms with van der Waals surface area (Å²) in [6.45, 7) is 8.50. The maximum absolute atomic E-state index is 5.96. The maximum atomic E-state index is 5.96. The molecule has 1 heterocycles. The van der Waals surface area contributed by atoms with Gasteiger partial charge in [0, 0.05) is 24.7 Å². The summed E-state index contributed by atoms with van der Waals surface area (Å²) in [5.41, 5.74) is 5.96. The van der Waals surface area contributed by atoms with Crippen LogP contribution in [-0.4, -0.2) is 42.7 Å². The van der Waals surface area contributed by atoms with Crippen molar-refractivity contribution in [2.24, 2.45) is 11.7 Å². The SMILES string of the molecule is CC(C)C(CNC1CCC(N)CC1)N1CCCC1. The summed E-state index contributed by atoms with van der Waals surface area (Å²) in [6, 6.07) is 1.90. The van der Waals surface area contributed by atoms with Crippen molar-refractivity contribution in [3.05, 3.63) is 0 Å². The first-order valence-electron chi connectivity index (χ1n) is 7.90. The van der Waals surface area contributed by atoms with E-state index in [1.807, 2.05) is 0 Å². The largest absolute Gasteiger partial charge is 0.328 e. The smallest absolute Gasteiger partial charge is 0.0243 e. The zero-order valence-corrected chi connectivity index (χ0v) is 12.2. The van der Waals surface area contributed by atoms with Gasteiger partial charge in [-0.1, -0.05) is 13.8 Å². The molecule has 1 atom stereocenters. The van der Waals surface area contributed by atoms with Gasteiger partial charge in [-0.15, -0.1) is 0 Å². The first kappa shape index (κ1) is 14.3. The molecule has 0 aromatic heterocycles. The van der Waals surface area contributed by atoms with Crippen molar-refractivity contribution < 1.29 is 0 Å². The molecule has 0 spiro atoms. The van der Waals surface area contributed by atoms with Gasteiger partial charge in [-0.2, -0.15) is 0 Å². The molecule has 3 nitrogen and oxygen atoms in total. The van der Waals surface area contributed by atoms with Gasteiger partial charge in [-0.05, 0) is 57.5 Å². The highest BCUT2D eigenvalue weighted by Gasteiger charge is 2.26. The topological polar surface area (TPSA) is 41.3 Å². The van der Waals surface area contributed by atoms with Crippen molar-refractivity contribution in [3.63, 3.8) is 0 Å². The molecule has 0 aromatic carbocycles. The van der Waals surface area contributed by atoms with Crippen molar-refractivity contribution in [2.75, 3.05) is 19.6 Å². The summed E-state index contributed by atoms with van der Waals surface area (Å²) in [7, 11) is 0. The number of nitrogens with two attached hydrogens (primary N) is 1. The molecule has 1 unspecified atom stereocenters. The van der Waals surface area contributed by atoms with Gasteiger partial charge in [-0.25, -0.2) is 0 Å². The number of nitrogens with zero attached hydrogens (tertiary/aromatic N) is 1. The van der Waals surface area contributed by atoms with E-state index in [4.69, 9.17) is 5.73 Å². The molecule has 0 amide bonds. The second-order valence-electron chi connectivity index (χ2n) is 6.57. The Morgan fingerprint density at radius 2 is 1.72 bits per heavy atom. The predicted octanol–water partition coefficient (Wildman–Crippen LogP) is 1.97. The average Bonchev–Trinajstić information content (AvgIpc) is 2.85. The molecule has 1 saturated heterocycles. The van der Waals surface area contributed by atoms with E-state index in [9.17, 15) is 0 Å². The molecule has 0 radical (unpaired) electrons. The lowest BCUT2D eigenvalue weighted by atomic mass is 9.91. The Kier molecular flexibility index (Phi) is 5.46. The van der Waals surface area contributed by atoms with Gasteiger partial charge in [0.05, 0.1) is 0 Å². The zero-order valence-electron chi connectivity index (χ0n) is 12.2. The van der Waals surface area contributed by atoms with Gasteiger partial charge in [0.1, 0.15) is 0 Å². The van der Waals surface area contributed by atoms with Crippen LogP contribution in [-0.2, 0) is 0 Å². The first-order valence-corrected chi connectivity index (χ1v) is 7.90. The molecule has 106 valence electrons. The quantitative estimate of drug-likeness (QED) is 0.787. The van der Waals surface area contributed by atoms with E-state index in [-0.39, 0.29) is 0 Å². The van der Waals surface area contributed by atoms with Crippen LogP contribution in [0.4, 0.5) is 0 Å². The molecular weight excluding hydrogens is 222 g/mol. The van der Waals surface area contributed by atoms with E-state index in [1.54, 1.807) is 0 Å². The van der Waals surface area contributed by atoms with Gasteiger partial charge < -0.3 is 11.1 Å². The minimum absolute atomic E-state index is 0.461.